The number of benzene rings is 1. The summed E-state index contributed by atoms with van der Waals surface area (Å²) in [6, 6.07) is 7.75. The van der Waals surface area contributed by atoms with Gasteiger partial charge in [0.25, 0.3) is 0 Å². The number of fused-ring (bicyclic) bond motifs is 1. The van der Waals surface area contributed by atoms with Crippen LogP contribution in [0.25, 0.3) is 11.0 Å². The van der Waals surface area contributed by atoms with Crippen LogP contribution in [-0.2, 0) is 23.2 Å². The Balaban J connectivity index is 1.85. The third-order valence-electron chi connectivity index (χ3n) is 3.78. The minimum atomic E-state index is -0.911. The van der Waals surface area contributed by atoms with E-state index in [0.29, 0.717) is 6.54 Å². The Bertz CT molecular complexity index is 692. The number of carbonyl (C=O) groups excluding carboxylic acids is 1. The first-order valence-electron chi connectivity index (χ1n) is 6.47. The monoisotopic (exact) mass is 273 g/mol. The summed E-state index contributed by atoms with van der Waals surface area (Å²) >= 11 is 0. The van der Waals surface area contributed by atoms with Gasteiger partial charge in [-0.2, -0.15) is 0 Å². The molecule has 0 aliphatic carbocycles. The van der Waals surface area contributed by atoms with E-state index >= 15 is 0 Å². The van der Waals surface area contributed by atoms with Crippen LogP contribution in [-0.4, -0.2) is 38.0 Å². The highest BCUT2D eigenvalue weighted by atomic mass is 16.4. The Morgan fingerprint density at radius 2 is 2.20 bits per heavy atom. The molecule has 6 heteroatoms. The van der Waals surface area contributed by atoms with Crippen molar-refractivity contribution in [2.75, 3.05) is 6.54 Å². The number of imidazole rings is 1. The number of likely N-dealkylation sites (tertiary alicyclic amines) is 1. The largest absolute Gasteiger partial charge is 0.481 e. The van der Waals surface area contributed by atoms with Gasteiger partial charge in [-0.3, -0.25) is 9.59 Å². The molecule has 0 bridgehead atoms. The van der Waals surface area contributed by atoms with Gasteiger partial charge < -0.3 is 14.6 Å². The molecule has 0 saturated carbocycles. The number of carboxylic acid groups (broad SMARTS) is 1. The zero-order chi connectivity index (χ0) is 14.3. The summed E-state index contributed by atoms with van der Waals surface area (Å²) in [5.41, 5.74) is 1.88. The second-order valence-electron chi connectivity index (χ2n) is 5.09. The van der Waals surface area contributed by atoms with E-state index in [1.54, 1.807) is 4.90 Å². The van der Waals surface area contributed by atoms with Crippen LogP contribution < -0.4 is 0 Å². The maximum absolute atomic E-state index is 11.8. The average Bonchev–Trinajstić information content (AvgIpc) is 2.93. The molecule has 0 spiro atoms. The number of amides is 1. The Morgan fingerprint density at radius 3 is 2.85 bits per heavy atom. The zero-order valence-corrected chi connectivity index (χ0v) is 11.1. The van der Waals surface area contributed by atoms with Gasteiger partial charge in [0.05, 0.1) is 23.5 Å². The third-order valence-corrected chi connectivity index (χ3v) is 3.78. The van der Waals surface area contributed by atoms with Gasteiger partial charge in [0, 0.05) is 20.0 Å². The van der Waals surface area contributed by atoms with Crippen LogP contribution in [0.5, 0.6) is 0 Å². The lowest BCUT2D eigenvalue weighted by molar-refractivity contribution is -0.141. The van der Waals surface area contributed by atoms with E-state index in [1.165, 1.54) is 0 Å². The van der Waals surface area contributed by atoms with Gasteiger partial charge in [0.15, 0.2) is 0 Å². The van der Waals surface area contributed by atoms with Gasteiger partial charge in [-0.25, -0.2) is 4.98 Å². The molecule has 1 aliphatic rings. The van der Waals surface area contributed by atoms with Crippen LogP contribution >= 0.6 is 0 Å². The molecule has 1 fully saturated rings. The predicted octanol–water partition coefficient (Wildman–Crippen LogP) is 1.01. The lowest BCUT2D eigenvalue weighted by atomic mass is 10.1. The summed E-state index contributed by atoms with van der Waals surface area (Å²) in [4.78, 5) is 28.9. The normalized spacial score (nSPS) is 18.9. The molecule has 6 nitrogen and oxygen atoms in total. The van der Waals surface area contributed by atoms with Gasteiger partial charge in [0.1, 0.15) is 5.82 Å². The first-order valence-corrected chi connectivity index (χ1v) is 6.47. The molecule has 1 aromatic carbocycles. The molecular weight excluding hydrogens is 258 g/mol. The SMILES string of the molecule is Cn1c(CN2CC(C(=O)O)CC2=O)nc2ccccc21. The lowest BCUT2D eigenvalue weighted by Gasteiger charge is -2.15. The zero-order valence-electron chi connectivity index (χ0n) is 11.1. The molecule has 1 aromatic heterocycles. The maximum Gasteiger partial charge on any atom is 0.308 e. The van der Waals surface area contributed by atoms with E-state index < -0.39 is 11.9 Å². The molecule has 1 atom stereocenters. The van der Waals surface area contributed by atoms with Crippen molar-refractivity contribution in [3.63, 3.8) is 0 Å². The van der Waals surface area contributed by atoms with Gasteiger partial charge in [-0.15, -0.1) is 0 Å². The first kappa shape index (κ1) is 12.7. The van der Waals surface area contributed by atoms with Crippen molar-refractivity contribution in [2.45, 2.75) is 13.0 Å². The van der Waals surface area contributed by atoms with Crippen molar-refractivity contribution in [3.8, 4) is 0 Å². The van der Waals surface area contributed by atoms with Crippen molar-refractivity contribution in [1.29, 1.82) is 0 Å². The average molecular weight is 273 g/mol. The van der Waals surface area contributed by atoms with E-state index in [2.05, 4.69) is 4.98 Å². The Morgan fingerprint density at radius 1 is 1.45 bits per heavy atom. The van der Waals surface area contributed by atoms with Gasteiger partial charge >= 0.3 is 5.97 Å². The van der Waals surface area contributed by atoms with Gasteiger partial charge in [-0.05, 0) is 12.1 Å². The molecule has 0 radical (unpaired) electrons. The molecule has 1 unspecified atom stereocenters. The molecule has 2 heterocycles. The second kappa shape index (κ2) is 4.63. The van der Waals surface area contributed by atoms with E-state index in [-0.39, 0.29) is 18.9 Å². The fourth-order valence-corrected chi connectivity index (χ4v) is 2.60. The molecule has 104 valence electrons. The molecule has 2 aromatic rings. The fraction of sp³-hybridized carbons (Fsp3) is 0.357. The van der Waals surface area contributed by atoms with Gasteiger partial charge in [-0.1, -0.05) is 12.1 Å². The number of aromatic nitrogens is 2. The van der Waals surface area contributed by atoms with Crippen molar-refractivity contribution in [3.05, 3.63) is 30.1 Å². The van der Waals surface area contributed by atoms with Crippen molar-refractivity contribution < 1.29 is 14.7 Å². The van der Waals surface area contributed by atoms with Gasteiger partial charge in [0.2, 0.25) is 5.91 Å². The number of aliphatic carboxylic acids is 1. The number of rotatable bonds is 3. The van der Waals surface area contributed by atoms with E-state index in [4.69, 9.17) is 5.11 Å². The van der Waals surface area contributed by atoms with Crippen LogP contribution in [0.4, 0.5) is 0 Å². The van der Waals surface area contributed by atoms with E-state index in [1.807, 2.05) is 35.9 Å². The number of hydrogen-bond donors (Lipinski definition) is 1. The Kier molecular flexibility index (Phi) is 2.93. The van der Waals surface area contributed by atoms with Crippen LogP contribution in [0.1, 0.15) is 12.2 Å². The van der Waals surface area contributed by atoms with E-state index in [0.717, 1.165) is 16.9 Å². The summed E-state index contributed by atoms with van der Waals surface area (Å²) in [6.45, 7) is 0.616. The smallest absolute Gasteiger partial charge is 0.308 e. The van der Waals surface area contributed by atoms with Crippen molar-refractivity contribution in [1.82, 2.24) is 14.5 Å². The number of aryl methyl sites for hydroxylation is 1. The highest BCUT2D eigenvalue weighted by molar-refractivity contribution is 5.86. The number of carboxylic acids is 1. The standard InChI is InChI=1S/C14H15N3O3/c1-16-11-5-3-2-4-10(11)15-12(16)8-17-7-9(14(19)20)6-13(17)18/h2-5,9H,6-8H2,1H3,(H,19,20). The first-order chi connectivity index (χ1) is 9.56. The predicted molar refractivity (Wildman–Crippen MR) is 71.9 cm³/mol. The Labute approximate surface area is 115 Å². The second-order valence-corrected chi connectivity index (χ2v) is 5.09. The minimum Gasteiger partial charge on any atom is -0.481 e. The number of para-hydroxylation sites is 2. The number of carbonyl (C=O) groups is 2. The molecule has 1 saturated heterocycles. The van der Waals surface area contributed by atoms with Crippen molar-refractivity contribution in [2.24, 2.45) is 13.0 Å². The third kappa shape index (κ3) is 2.03. The molecule has 1 aliphatic heterocycles. The van der Waals surface area contributed by atoms with Crippen LogP contribution in [0.3, 0.4) is 0 Å². The van der Waals surface area contributed by atoms with Crippen LogP contribution in [0, 0.1) is 5.92 Å². The molecule has 3 rings (SSSR count). The number of hydrogen-bond acceptors (Lipinski definition) is 3. The summed E-state index contributed by atoms with van der Waals surface area (Å²) in [5, 5.41) is 8.98. The highest BCUT2D eigenvalue weighted by Crippen LogP contribution is 2.21. The van der Waals surface area contributed by atoms with Crippen LogP contribution in [0.15, 0.2) is 24.3 Å². The molecular formula is C14H15N3O3. The maximum atomic E-state index is 11.8. The van der Waals surface area contributed by atoms with Crippen molar-refractivity contribution >= 4 is 22.9 Å². The summed E-state index contributed by atoms with van der Waals surface area (Å²) in [5.74, 6) is -0.863. The Hall–Kier alpha value is -2.37. The van der Waals surface area contributed by atoms with Crippen LogP contribution in [0.2, 0.25) is 0 Å². The molecule has 1 amide bonds. The lowest BCUT2D eigenvalue weighted by Crippen LogP contribution is -2.27. The summed E-state index contributed by atoms with van der Waals surface area (Å²) in [6.07, 6.45) is 0.0826. The molecule has 1 N–H and O–H groups in total. The molecule has 20 heavy (non-hydrogen) atoms. The summed E-state index contributed by atoms with van der Waals surface area (Å²) in [7, 11) is 1.90. The van der Waals surface area contributed by atoms with E-state index in [9.17, 15) is 9.59 Å². The fourth-order valence-electron chi connectivity index (χ4n) is 2.60. The minimum absolute atomic E-state index is 0.0826. The topological polar surface area (TPSA) is 75.4 Å². The quantitative estimate of drug-likeness (QED) is 0.905. The highest BCUT2D eigenvalue weighted by Gasteiger charge is 2.34. The summed E-state index contributed by atoms with van der Waals surface area (Å²) < 4.78 is 1.94. The number of nitrogens with zero attached hydrogens (tertiary/aromatic N) is 3.